The quantitative estimate of drug-likeness (QED) is 0.736. The molecule has 0 saturated carbocycles. The zero-order valence-corrected chi connectivity index (χ0v) is 13.1. The molecule has 0 spiro atoms. The zero-order chi connectivity index (χ0) is 13.4. The Morgan fingerprint density at radius 1 is 1.28 bits per heavy atom. The minimum Gasteiger partial charge on any atom is -0.352 e. The molecule has 0 aliphatic heterocycles. The molecule has 0 unspecified atom stereocenters. The fourth-order valence-corrected chi connectivity index (χ4v) is 2.27. The lowest BCUT2D eigenvalue weighted by atomic mass is 10.2. The maximum Gasteiger partial charge on any atom is 0.169 e. The van der Waals surface area contributed by atoms with Crippen LogP contribution in [0.5, 0.6) is 0 Å². The summed E-state index contributed by atoms with van der Waals surface area (Å²) in [5.74, 6) is 0. The third-order valence-corrected chi connectivity index (χ3v) is 3.19. The van der Waals surface area contributed by atoms with Crippen LogP contribution in [0.15, 0.2) is 22.7 Å². The second-order valence-electron chi connectivity index (χ2n) is 3.71. The second kappa shape index (κ2) is 8.88. The van der Waals surface area contributed by atoms with Gasteiger partial charge in [-0.3, -0.25) is 0 Å². The van der Waals surface area contributed by atoms with Gasteiger partial charge in [-0.25, -0.2) is 0 Å². The Morgan fingerprint density at radius 2 is 1.94 bits per heavy atom. The van der Waals surface area contributed by atoms with Crippen molar-refractivity contribution < 1.29 is 9.47 Å². The predicted octanol–water partition coefficient (Wildman–Crippen LogP) is 3.59. The number of halogens is 2. The molecule has 1 N–H and O–H groups in total. The van der Waals surface area contributed by atoms with Crippen LogP contribution in [-0.4, -0.2) is 26.0 Å². The predicted molar refractivity (Wildman–Crippen MR) is 77.9 cm³/mol. The van der Waals surface area contributed by atoms with Gasteiger partial charge in [0.15, 0.2) is 6.29 Å². The van der Waals surface area contributed by atoms with E-state index in [1.165, 1.54) is 0 Å². The minimum absolute atomic E-state index is 0.200. The summed E-state index contributed by atoms with van der Waals surface area (Å²) in [7, 11) is 0. The van der Waals surface area contributed by atoms with Gasteiger partial charge in [0, 0.05) is 35.8 Å². The highest BCUT2D eigenvalue weighted by molar-refractivity contribution is 9.10. The lowest BCUT2D eigenvalue weighted by Gasteiger charge is -2.17. The highest BCUT2D eigenvalue weighted by Gasteiger charge is 2.07. The van der Waals surface area contributed by atoms with Crippen molar-refractivity contribution in [3.05, 3.63) is 33.3 Å². The molecule has 0 radical (unpaired) electrons. The van der Waals surface area contributed by atoms with Crippen molar-refractivity contribution >= 4 is 27.5 Å². The molecule has 1 aromatic rings. The number of hydrogen-bond donors (Lipinski definition) is 1. The van der Waals surface area contributed by atoms with Crippen LogP contribution < -0.4 is 5.32 Å². The van der Waals surface area contributed by atoms with E-state index in [1.54, 1.807) is 0 Å². The molecule has 0 fully saturated rings. The Kier molecular flexibility index (Phi) is 7.86. The number of rotatable bonds is 8. The van der Waals surface area contributed by atoms with E-state index in [0.717, 1.165) is 15.1 Å². The van der Waals surface area contributed by atoms with Crippen molar-refractivity contribution in [2.45, 2.75) is 26.7 Å². The Hall–Kier alpha value is -0.130. The van der Waals surface area contributed by atoms with Gasteiger partial charge < -0.3 is 14.8 Å². The second-order valence-corrected chi connectivity index (χ2v) is 5.03. The van der Waals surface area contributed by atoms with E-state index in [2.05, 4.69) is 21.2 Å². The monoisotopic (exact) mass is 335 g/mol. The van der Waals surface area contributed by atoms with Gasteiger partial charge in [-0.1, -0.05) is 33.6 Å². The van der Waals surface area contributed by atoms with Crippen LogP contribution in [-0.2, 0) is 16.0 Å². The van der Waals surface area contributed by atoms with E-state index in [0.29, 0.717) is 26.3 Å². The Morgan fingerprint density at radius 3 is 2.50 bits per heavy atom. The fourth-order valence-electron chi connectivity index (χ4n) is 1.53. The van der Waals surface area contributed by atoms with Gasteiger partial charge in [-0.15, -0.1) is 0 Å². The standard InChI is InChI=1S/C13H19BrClNO2/c1-3-17-13(18-4-2)9-16-8-10-5-6-11(14)7-12(10)15/h5-7,13,16H,3-4,8-9H2,1-2H3. The van der Waals surface area contributed by atoms with Crippen molar-refractivity contribution in [3.8, 4) is 0 Å². The molecule has 0 bridgehead atoms. The van der Waals surface area contributed by atoms with Crippen molar-refractivity contribution in [3.63, 3.8) is 0 Å². The average Bonchev–Trinajstić information content (AvgIpc) is 2.32. The van der Waals surface area contributed by atoms with E-state index in [1.807, 2.05) is 32.0 Å². The van der Waals surface area contributed by atoms with Crippen molar-refractivity contribution in [1.82, 2.24) is 5.32 Å². The molecule has 0 amide bonds. The van der Waals surface area contributed by atoms with Crippen LogP contribution in [0.1, 0.15) is 19.4 Å². The van der Waals surface area contributed by atoms with E-state index >= 15 is 0 Å². The lowest BCUT2D eigenvalue weighted by molar-refractivity contribution is -0.133. The van der Waals surface area contributed by atoms with E-state index in [-0.39, 0.29) is 6.29 Å². The summed E-state index contributed by atoms with van der Waals surface area (Å²) in [5, 5.41) is 4.03. The molecule has 102 valence electrons. The van der Waals surface area contributed by atoms with Crippen LogP contribution in [0.25, 0.3) is 0 Å². The minimum atomic E-state index is -0.200. The molecule has 0 atom stereocenters. The fraction of sp³-hybridized carbons (Fsp3) is 0.538. The molecule has 5 heteroatoms. The molecule has 0 aliphatic rings. The van der Waals surface area contributed by atoms with Crippen LogP contribution in [0.4, 0.5) is 0 Å². The van der Waals surface area contributed by atoms with Gasteiger partial charge in [0.05, 0.1) is 0 Å². The van der Waals surface area contributed by atoms with Gasteiger partial charge in [0.2, 0.25) is 0 Å². The SMILES string of the molecule is CCOC(CNCc1ccc(Br)cc1Cl)OCC. The molecule has 0 aliphatic carbocycles. The summed E-state index contributed by atoms with van der Waals surface area (Å²) in [6.07, 6.45) is -0.200. The molecule has 1 aromatic carbocycles. The molecule has 0 aromatic heterocycles. The first-order valence-corrected chi connectivity index (χ1v) is 7.22. The van der Waals surface area contributed by atoms with Gasteiger partial charge in [-0.2, -0.15) is 0 Å². The molecule has 18 heavy (non-hydrogen) atoms. The van der Waals surface area contributed by atoms with Gasteiger partial charge >= 0.3 is 0 Å². The maximum absolute atomic E-state index is 6.13. The third-order valence-electron chi connectivity index (χ3n) is 2.35. The molecule has 0 heterocycles. The molecular weight excluding hydrogens is 318 g/mol. The van der Waals surface area contributed by atoms with Gasteiger partial charge in [0.25, 0.3) is 0 Å². The van der Waals surface area contributed by atoms with E-state index in [4.69, 9.17) is 21.1 Å². The summed E-state index contributed by atoms with van der Waals surface area (Å²) < 4.78 is 11.9. The van der Waals surface area contributed by atoms with E-state index < -0.39 is 0 Å². The summed E-state index contributed by atoms with van der Waals surface area (Å²) in [6, 6.07) is 5.86. The average molecular weight is 337 g/mol. The first-order valence-electron chi connectivity index (χ1n) is 6.05. The van der Waals surface area contributed by atoms with Crippen molar-refractivity contribution in [1.29, 1.82) is 0 Å². The number of benzene rings is 1. The van der Waals surface area contributed by atoms with Gasteiger partial charge in [-0.05, 0) is 31.5 Å². The summed E-state index contributed by atoms with van der Waals surface area (Å²) >= 11 is 9.52. The largest absolute Gasteiger partial charge is 0.352 e. The summed E-state index contributed by atoms with van der Waals surface area (Å²) in [4.78, 5) is 0. The Balaban J connectivity index is 2.39. The van der Waals surface area contributed by atoms with Gasteiger partial charge in [0.1, 0.15) is 0 Å². The number of hydrogen-bond acceptors (Lipinski definition) is 3. The lowest BCUT2D eigenvalue weighted by Crippen LogP contribution is -2.31. The number of nitrogens with one attached hydrogen (secondary N) is 1. The Bertz CT molecular complexity index is 357. The van der Waals surface area contributed by atoms with Crippen LogP contribution in [0.2, 0.25) is 5.02 Å². The zero-order valence-electron chi connectivity index (χ0n) is 10.7. The first kappa shape index (κ1) is 15.9. The highest BCUT2D eigenvalue weighted by Crippen LogP contribution is 2.21. The van der Waals surface area contributed by atoms with E-state index in [9.17, 15) is 0 Å². The smallest absolute Gasteiger partial charge is 0.169 e. The molecule has 1 rings (SSSR count). The third kappa shape index (κ3) is 5.67. The normalized spacial score (nSPS) is 11.2. The first-order chi connectivity index (χ1) is 8.67. The summed E-state index contributed by atoms with van der Waals surface area (Å²) in [6.45, 7) is 6.54. The topological polar surface area (TPSA) is 30.5 Å². The Labute approximate surface area is 122 Å². The number of ether oxygens (including phenoxy) is 2. The summed E-state index contributed by atoms with van der Waals surface area (Å²) in [5.41, 5.74) is 1.06. The maximum atomic E-state index is 6.13. The van der Waals surface area contributed by atoms with Crippen LogP contribution in [0.3, 0.4) is 0 Å². The van der Waals surface area contributed by atoms with Crippen LogP contribution in [0, 0.1) is 0 Å². The molecular formula is C13H19BrClNO2. The molecule has 0 saturated heterocycles. The van der Waals surface area contributed by atoms with Crippen molar-refractivity contribution in [2.24, 2.45) is 0 Å². The molecule has 3 nitrogen and oxygen atoms in total. The van der Waals surface area contributed by atoms with Crippen molar-refractivity contribution in [2.75, 3.05) is 19.8 Å². The highest BCUT2D eigenvalue weighted by atomic mass is 79.9. The van der Waals surface area contributed by atoms with Crippen LogP contribution >= 0.6 is 27.5 Å².